The molecule has 0 N–H and O–H groups in total. The van der Waals surface area contributed by atoms with Crippen molar-refractivity contribution < 1.29 is 22.7 Å². The van der Waals surface area contributed by atoms with Gasteiger partial charge in [-0.2, -0.15) is 13.2 Å². The Morgan fingerprint density at radius 1 is 1.27 bits per heavy atom. The van der Waals surface area contributed by atoms with Crippen LogP contribution in [0.1, 0.15) is 44.7 Å². The lowest BCUT2D eigenvalue weighted by molar-refractivity contribution is -0.164. The topological polar surface area (TPSA) is 26.3 Å². The molecule has 1 saturated carbocycles. The minimum atomic E-state index is -4.41. The van der Waals surface area contributed by atoms with E-state index in [0.717, 1.165) is 12.1 Å². The van der Waals surface area contributed by atoms with E-state index in [1.165, 1.54) is 6.07 Å². The quantitative estimate of drug-likeness (QED) is 0.568. The summed E-state index contributed by atoms with van der Waals surface area (Å²) in [5.74, 6) is -0.720. The number of alkyl halides is 4. The minimum absolute atomic E-state index is 0.283. The fourth-order valence-corrected chi connectivity index (χ4v) is 2.97. The molecule has 0 radical (unpaired) electrons. The van der Waals surface area contributed by atoms with Crippen molar-refractivity contribution in [1.29, 1.82) is 0 Å². The van der Waals surface area contributed by atoms with E-state index in [9.17, 15) is 18.0 Å². The Labute approximate surface area is 132 Å². The standard InChI is InChI=1S/C16H18ClF3O2/c1-14(2,3)22-13(21)10-8-15(17,9-10)11-5-4-6-12(7-11)16(18,19)20/h4-7,10H,8-9H2,1-3H3. The molecular weight excluding hydrogens is 317 g/mol. The van der Waals surface area contributed by atoms with Crippen LogP contribution >= 0.6 is 11.6 Å². The second-order valence-electron chi connectivity index (χ2n) is 6.68. The van der Waals surface area contributed by atoms with Gasteiger partial charge in [-0.1, -0.05) is 12.1 Å². The van der Waals surface area contributed by atoms with Crippen molar-refractivity contribution in [2.24, 2.45) is 5.92 Å². The van der Waals surface area contributed by atoms with Crippen LogP contribution in [0.25, 0.3) is 0 Å². The van der Waals surface area contributed by atoms with Crippen molar-refractivity contribution >= 4 is 17.6 Å². The van der Waals surface area contributed by atoms with E-state index in [4.69, 9.17) is 16.3 Å². The van der Waals surface area contributed by atoms with Gasteiger partial charge in [0, 0.05) is 0 Å². The summed E-state index contributed by atoms with van der Waals surface area (Å²) in [6, 6.07) is 4.96. The lowest BCUT2D eigenvalue weighted by Crippen LogP contribution is -2.43. The van der Waals surface area contributed by atoms with Gasteiger partial charge >= 0.3 is 12.1 Å². The normalized spacial score (nSPS) is 25.5. The molecule has 0 aromatic heterocycles. The number of hydrogen-bond donors (Lipinski definition) is 0. The van der Waals surface area contributed by atoms with E-state index < -0.39 is 22.2 Å². The number of esters is 1. The van der Waals surface area contributed by atoms with Gasteiger partial charge in [-0.25, -0.2) is 0 Å². The predicted octanol–water partition coefficient (Wildman–Crippen LogP) is 4.89. The second kappa shape index (κ2) is 5.44. The molecule has 0 spiro atoms. The first-order valence-electron chi connectivity index (χ1n) is 7.00. The molecule has 1 aliphatic rings. The van der Waals surface area contributed by atoms with Gasteiger partial charge in [-0.05, 0) is 51.3 Å². The number of halogens is 4. The summed E-state index contributed by atoms with van der Waals surface area (Å²) >= 11 is 6.39. The maximum absolute atomic E-state index is 12.8. The third kappa shape index (κ3) is 3.75. The number of ether oxygens (including phenoxy) is 1. The summed E-state index contributed by atoms with van der Waals surface area (Å²) in [6.45, 7) is 5.30. The van der Waals surface area contributed by atoms with Crippen LogP contribution in [-0.2, 0) is 20.6 Å². The third-order valence-corrected chi connectivity index (χ3v) is 4.11. The fourth-order valence-electron chi connectivity index (χ4n) is 2.48. The first-order chi connectivity index (χ1) is 9.91. The first-order valence-corrected chi connectivity index (χ1v) is 7.38. The largest absolute Gasteiger partial charge is 0.460 e. The van der Waals surface area contributed by atoms with Gasteiger partial charge in [0.2, 0.25) is 0 Å². The van der Waals surface area contributed by atoms with E-state index in [2.05, 4.69) is 0 Å². The Kier molecular flexibility index (Phi) is 4.24. The van der Waals surface area contributed by atoms with Crippen molar-refractivity contribution in [3.05, 3.63) is 35.4 Å². The number of rotatable bonds is 2. The number of carbonyl (C=O) groups excluding carboxylic acids is 1. The van der Waals surface area contributed by atoms with Crippen LogP contribution in [-0.4, -0.2) is 11.6 Å². The molecule has 0 unspecified atom stereocenters. The number of hydrogen-bond acceptors (Lipinski definition) is 2. The van der Waals surface area contributed by atoms with Crippen LogP contribution in [0.4, 0.5) is 13.2 Å². The molecular formula is C16H18ClF3O2. The Bertz CT molecular complexity index is 569. The van der Waals surface area contributed by atoms with Gasteiger partial charge in [0.15, 0.2) is 0 Å². The zero-order valence-corrected chi connectivity index (χ0v) is 13.4. The van der Waals surface area contributed by atoms with Crippen LogP contribution < -0.4 is 0 Å². The SMILES string of the molecule is CC(C)(C)OC(=O)C1CC(Cl)(c2cccc(C(F)(F)F)c2)C1. The highest BCUT2D eigenvalue weighted by Gasteiger charge is 2.49. The smallest absolute Gasteiger partial charge is 0.416 e. The average Bonchev–Trinajstić information content (AvgIpc) is 2.32. The maximum Gasteiger partial charge on any atom is 0.416 e. The van der Waals surface area contributed by atoms with Crippen LogP contribution in [0.3, 0.4) is 0 Å². The molecule has 1 aromatic rings. The summed E-state index contributed by atoms with van der Waals surface area (Å²) in [5.41, 5.74) is -0.924. The van der Waals surface area contributed by atoms with Crippen LogP contribution in [0.2, 0.25) is 0 Å². The molecule has 122 valence electrons. The van der Waals surface area contributed by atoms with Crippen LogP contribution in [0, 0.1) is 5.92 Å². The molecule has 0 saturated heterocycles. The Morgan fingerprint density at radius 3 is 2.36 bits per heavy atom. The molecule has 2 rings (SSSR count). The van der Waals surface area contributed by atoms with Crippen LogP contribution in [0.5, 0.6) is 0 Å². The zero-order chi connectivity index (χ0) is 16.8. The van der Waals surface area contributed by atoms with E-state index in [0.29, 0.717) is 5.56 Å². The van der Waals surface area contributed by atoms with Crippen LogP contribution in [0.15, 0.2) is 24.3 Å². The summed E-state index contributed by atoms with van der Waals surface area (Å²) in [7, 11) is 0. The van der Waals surface area contributed by atoms with Crippen molar-refractivity contribution in [3.63, 3.8) is 0 Å². The lowest BCUT2D eigenvalue weighted by Gasteiger charge is -2.43. The molecule has 1 aliphatic carbocycles. The maximum atomic E-state index is 12.8. The van der Waals surface area contributed by atoms with Crippen molar-refractivity contribution in [2.45, 2.75) is 50.3 Å². The van der Waals surface area contributed by atoms with E-state index >= 15 is 0 Å². The number of benzene rings is 1. The fraction of sp³-hybridized carbons (Fsp3) is 0.562. The predicted molar refractivity (Wildman–Crippen MR) is 77.5 cm³/mol. The number of carbonyl (C=O) groups is 1. The minimum Gasteiger partial charge on any atom is -0.460 e. The molecule has 0 bridgehead atoms. The van der Waals surface area contributed by atoms with Crippen molar-refractivity contribution in [1.82, 2.24) is 0 Å². The molecule has 1 aromatic carbocycles. The van der Waals surface area contributed by atoms with Gasteiger partial charge in [-0.3, -0.25) is 4.79 Å². The molecule has 2 nitrogen and oxygen atoms in total. The molecule has 0 aliphatic heterocycles. The third-order valence-electron chi connectivity index (χ3n) is 3.59. The van der Waals surface area contributed by atoms with E-state index in [1.54, 1.807) is 26.8 Å². The molecule has 22 heavy (non-hydrogen) atoms. The monoisotopic (exact) mass is 334 g/mol. The van der Waals surface area contributed by atoms with Gasteiger partial charge < -0.3 is 4.74 Å². The van der Waals surface area contributed by atoms with E-state index in [1.807, 2.05) is 0 Å². The Morgan fingerprint density at radius 2 is 1.86 bits per heavy atom. The zero-order valence-electron chi connectivity index (χ0n) is 12.6. The van der Waals surface area contributed by atoms with Crippen molar-refractivity contribution in [2.75, 3.05) is 0 Å². The molecule has 0 atom stereocenters. The van der Waals surface area contributed by atoms with Crippen molar-refractivity contribution in [3.8, 4) is 0 Å². The highest BCUT2D eigenvalue weighted by molar-refractivity contribution is 6.25. The van der Waals surface area contributed by atoms with E-state index in [-0.39, 0.29) is 24.7 Å². The average molecular weight is 335 g/mol. The Hall–Kier alpha value is -1.23. The van der Waals surface area contributed by atoms with Gasteiger partial charge in [0.1, 0.15) is 5.60 Å². The molecule has 0 amide bonds. The van der Waals surface area contributed by atoms with Gasteiger partial charge in [0.05, 0.1) is 16.4 Å². The Balaban J connectivity index is 2.08. The summed E-state index contributed by atoms with van der Waals surface area (Å²) < 4.78 is 43.5. The second-order valence-corrected chi connectivity index (χ2v) is 7.41. The molecule has 1 fully saturated rings. The molecule has 0 heterocycles. The summed E-state index contributed by atoms with van der Waals surface area (Å²) in [5, 5.41) is 0. The first kappa shape index (κ1) is 17.1. The summed E-state index contributed by atoms with van der Waals surface area (Å²) in [6.07, 6.45) is -3.84. The summed E-state index contributed by atoms with van der Waals surface area (Å²) in [4.78, 5) is 11.0. The van der Waals surface area contributed by atoms with Gasteiger partial charge in [-0.15, -0.1) is 11.6 Å². The highest BCUT2D eigenvalue weighted by atomic mass is 35.5. The lowest BCUT2D eigenvalue weighted by atomic mass is 9.70. The van der Waals surface area contributed by atoms with Gasteiger partial charge in [0.25, 0.3) is 0 Å². The molecule has 6 heteroatoms. The highest BCUT2D eigenvalue weighted by Crippen LogP contribution is 2.52.